The van der Waals surface area contributed by atoms with Crippen LogP contribution in [0.25, 0.3) is 0 Å². The topological polar surface area (TPSA) is 47.7 Å². The molecule has 0 aromatic heterocycles. The highest BCUT2D eigenvalue weighted by atomic mass is 16.5. The van der Waals surface area contributed by atoms with Gasteiger partial charge in [0.25, 0.3) is 0 Å². The molecule has 104 valence electrons. The predicted molar refractivity (Wildman–Crippen MR) is 74.2 cm³/mol. The van der Waals surface area contributed by atoms with Crippen molar-refractivity contribution in [2.24, 2.45) is 11.7 Å². The molecular formula is C15H22N2O2. The van der Waals surface area contributed by atoms with E-state index in [-0.39, 0.29) is 12.1 Å². The van der Waals surface area contributed by atoms with Crippen LogP contribution in [0.5, 0.6) is 5.75 Å². The number of nitrogens with two attached hydrogens (primary N) is 1. The van der Waals surface area contributed by atoms with Crippen LogP contribution in [0.4, 0.5) is 0 Å². The second kappa shape index (κ2) is 5.49. The van der Waals surface area contributed by atoms with Crippen molar-refractivity contribution in [2.45, 2.75) is 18.5 Å². The van der Waals surface area contributed by atoms with Crippen LogP contribution >= 0.6 is 0 Å². The Morgan fingerprint density at radius 2 is 2.26 bits per heavy atom. The fraction of sp³-hybridized carbons (Fsp3) is 0.600. The maximum Gasteiger partial charge on any atom is 0.124 e. The molecule has 2 heterocycles. The Balaban J connectivity index is 1.71. The van der Waals surface area contributed by atoms with Crippen LogP contribution in [-0.2, 0) is 4.74 Å². The maximum atomic E-state index is 6.44. The van der Waals surface area contributed by atoms with Gasteiger partial charge < -0.3 is 15.2 Å². The van der Waals surface area contributed by atoms with Gasteiger partial charge in [0.05, 0.1) is 18.7 Å². The van der Waals surface area contributed by atoms with E-state index in [4.69, 9.17) is 15.2 Å². The van der Waals surface area contributed by atoms with Gasteiger partial charge in [-0.2, -0.15) is 0 Å². The smallest absolute Gasteiger partial charge is 0.124 e. The second-order valence-corrected chi connectivity index (χ2v) is 5.55. The number of benzene rings is 1. The summed E-state index contributed by atoms with van der Waals surface area (Å²) in [6.45, 7) is 3.70. The Hall–Kier alpha value is -1.10. The normalized spacial score (nSPS) is 30.9. The fourth-order valence-corrected chi connectivity index (χ4v) is 3.24. The third-order valence-electron chi connectivity index (χ3n) is 4.29. The van der Waals surface area contributed by atoms with Crippen molar-refractivity contribution in [1.82, 2.24) is 4.90 Å². The Morgan fingerprint density at radius 1 is 1.42 bits per heavy atom. The molecule has 0 radical (unpaired) electrons. The minimum Gasteiger partial charge on any atom is -0.492 e. The molecule has 1 aromatic rings. The number of nitrogens with zero attached hydrogens (tertiary/aromatic N) is 1. The largest absolute Gasteiger partial charge is 0.492 e. The molecule has 4 heteroatoms. The van der Waals surface area contributed by atoms with E-state index >= 15 is 0 Å². The van der Waals surface area contributed by atoms with Crippen LogP contribution in [0, 0.1) is 5.92 Å². The van der Waals surface area contributed by atoms with Crippen molar-refractivity contribution < 1.29 is 9.47 Å². The standard InChI is InChI=1S/C15H22N2O2/c1-18-9-11-6-7-17(8-11)13-10-19-14-5-3-2-4-12(14)15(13)16/h2-5,11,13,15H,6-10,16H2,1H3. The van der Waals surface area contributed by atoms with Crippen LogP contribution in [0.2, 0.25) is 0 Å². The average molecular weight is 262 g/mol. The number of fused-ring (bicyclic) bond motifs is 1. The summed E-state index contributed by atoms with van der Waals surface area (Å²) >= 11 is 0. The van der Waals surface area contributed by atoms with E-state index in [1.165, 1.54) is 6.42 Å². The lowest BCUT2D eigenvalue weighted by atomic mass is 9.96. The van der Waals surface area contributed by atoms with E-state index < -0.39 is 0 Å². The van der Waals surface area contributed by atoms with Crippen LogP contribution < -0.4 is 10.5 Å². The Bertz CT molecular complexity index is 438. The van der Waals surface area contributed by atoms with Gasteiger partial charge in [0.15, 0.2) is 0 Å². The fourth-order valence-electron chi connectivity index (χ4n) is 3.24. The van der Waals surface area contributed by atoms with Crippen LogP contribution in [0.3, 0.4) is 0 Å². The molecule has 0 spiro atoms. The van der Waals surface area contributed by atoms with Crippen molar-refractivity contribution in [3.8, 4) is 5.75 Å². The maximum absolute atomic E-state index is 6.44. The molecule has 2 aliphatic heterocycles. The molecule has 3 unspecified atom stereocenters. The van der Waals surface area contributed by atoms with E-state index in [1.54, 1.807) is 7.11 Å². The summed E-state index contributed by atoms with van der Waals surface area (Å²) < 4.78 is 11.1. The summed E-state index contributed by atoms with van der Waals surface area (Å²) in [6.07, 6.45) is 1.19. The number of rotatable bonds is 3. The van der Waals surface area contributed by atoms with Gasteiger partial charge in [-0.3, -0.25) is 4.90 Å². The Labute approximate surface area is 114 Å². The summed E-state index contributed by atoms with van der Waals surface area (Å²) in [5.41, 5.74) is 7.57. The van der Waals surface area contributed by atoms with E-state index in [0.29, 0.717) is 12.5 Å². The second-order valence-electron chi connectivity index (χ2n) is 5.55. The number of hydrogen-bond donors (Lipinski definition) is 1. The minimum atomic E-state index is 0.0474. The molecule has 2 N–H and O–H groups in total. The van der Waals surface area contributed by atoms with Crippen molar-refractivity contribution >= 4 is 0 Å². The van der Waals surface area contributed by atoms with Gasteiger partial charge in [-0.15, -0.1) is 0 Å². The zero-order valence-corrected chi connectivity index (χ0v) is 11.4. The first kappa shape index (κ1) is 12.9. The lowest BCUT2D eigenvalue weighted by molar-refractivity contribution is 0.104. The van der Waals surface area contributed by atoms with Crippen molar-refractivity contribution in [3.05, 3.63) is 29.8 Å². The minimum absolute atomic E-state index is 0.0474. The summed E-state index contributed by atoms with van der Waals surface area (Å²) in [5, 5.41) is 0. The molecular weight excluding hydrogens is 240 g/mol. The molecule has 3 rings (SSSR count). The zero-order chi connectivity index (χ0) is 13.2. The molecule has 3 atom stereocenters. The molecule has 2 aliphatic rings. The molecule has 19 heavy (non-hydrogen) atoms. The average Bonchev–Trinajstić information content (AvgIpc) is 2.88. The van der Waals surface area contributed by atoms with Gasteiger partial charge in [0.1, 0.15) is 12.4 Å². The number of methoxy groups -OCH3 is 1. The number of likely N-dealkylation sites (tertiary alicyclic amines) is 1. The molecule has 0 saturated carbocycles. The molecule has 1 aromatic carbocycles. The first-order chi connectivity index (χ1) is 9.29. The summed E-state index contributed by atoms with van der Waals surface area (Å²) in [4.78, 5) is 2.46. The van der Waals surface area contributed by atoms with Crippen molar-refractivity contribution in [3.63, 3.8) is 0 Å². The molecule has 1 saturated heterocycles. The Morgan fingerprint density at radius 3 is 3.11 bits per heavy atom. The van der Waals surface area contributed by atoms with Gasteiger partial charge in [0.2, 0.25) is 0 Å². The first-order valence-electron chi connectivity index (χ1n) is 7.00. The number of para-hydroxylation sites is 1. The van der Waals surface area contributed by atoms with Gasteiger partial charge >= 0.3 is 0 Å². The molecule has 1 fully saturated rings. The first-order valence-corrected chi connectivity index (χ1v) is 7.00. The van der Waals surface area contributed by atoms with Gasteiger partial charge in [-0.25, -0.2) is 0 Å². The van der Waals surface area contributed by atoms with Gasteiger partial charge in [0, 0.05) is 19.2 Å². The highest BCUT2D eigenvalue weighted by Crippen LogP contribution is 2.34. The predicted octanol–water partition coefficient (Wildman–Crippen LogP) is 1.42. The number of ether oxygens (including phenoxy) is 2. The monoisotopic (exact) mass is 262 g/mol. The zero-order valence-electron chi connectivity index (χ0n) is 11.4. The van der Waals surface area contributed by atoms with Gasteiger partial charge in [-0.1, -0.05) is 18.2 Å². The van der Waals surface area contributed by atoms with Crippen molar-refractivity contribution in [2.75, 3.05) is 33.4 Å². The van der Waals surface area contributed by atoms with E-state index in [9.17, 15) is 0 Å². The quantitative estimate of drug-likeness (QED) is 0.895. The van der Waals surface area contributed by atoms with Crippen molar-refractivity contribution in [1.29, 1.82) is 0 Å². The van der Waals surface area contributed by atoms with E-state index in [2.05, 4.69) is 11.0 Å². The lowest BCUT2D eigenvalue weighted by Gasteiger charge is -2.37. The summed E-state index contributed by atoms with van der Waals surface area (Å²) in [7, 11) is 1.77. The Kier molecular flexibility index (Phi) is 3.73. The summed E-state index contributed by atoms with van der Waals surface area (Å²) in [6, 6.07) is 8.44. The van der Waals surface area contributed by atoms with Crippen LogP contribution in [0.1, 0.15) is 18.0 Å². The van der Waals surface area contributed by atoms with Crippen LogP contribution in [0.15, 0.2) is 24.3 Å². The SMILES string of the molecule is COCC1CCN(C2COc3ccccc3C2N)C1. The molecule has 4 nitrogen and oxygen atoms in total. The molecule has 0 aliphatic carbocycles. The summed E-state index contributed by atoms with van der Waals surface area (Å²) in [5.74, 6) is 1.58. The lowest BCUT2D eigenvalue weighted by Crippen LogP contribution is -2.47. The number of hydrogen-bond acceptors (Lipinski definition) is 4. The molecule has 0 amide bonds. The highest BCUT2D eigenvalue weighted by Gasteiger charge is 2.36. The van der Waals surface area contributed by atoms with Gasteiger partial charge in [-0.05, 0) is 24.9 Å². The molecule has 0 bridgehead atoms. The van der Waals surface area contributed by atoms with E-state index in [0.717, 1.165) is 31.0 Å². The third kappa shape index (κ3) is 2.48. The third-order valence-corrected chi connectivity index (χ3v) is 4.29. The van der Waals surface area contributed by atoms with Crippen LogP contribution in [-0.4, -0.2) is 44.4 Å². The highest BCUT2D eigenvalue weighted by molar-refractivity contribution is 5.38. The van der Waals surface area contributed by atoms with E-state index in [1.807, 2.05) is 18.2 Å².